The summed E-state index contributed by atoms with van der Waals surface area (Å²) in [5.74, 6) is -3.02. The van der Waals surface area contributed by atoms with E-state index in [9.17, 15) is 33.9 Å². The third kappa shape index (κ3) is 13.6. The van der Waals surface area contributed by atoms with Gasteiger partial charge in [-0.3, -0.25) is 33.7 Å². The van der Waals surface area contributed by atoms with Gasteiger partial charge in [0.25, 0.3) is 5.91 Å². The van der Waals surface area contributed by atoms with Crippen LogP contribution in [0, 0.1) is 12.8 Å². The lowest BCUT2D eigenvalue weighted by Crippen LogP contribution is -2.38. The number of thiazole rings is 6. The van der Waals surface area contributed by atoms with E-state index in [4.69, 9.17) is 44.7 Å². The van der Waals surface area contributed by atoms with Gasteiger partial charge in [-0.2, -0.15) is 0 Å². The molecule has 8 heterocycles. The number of carbonyl (C=O) groups is 6. The number of methoxy groups -OCH3 is 1. The Hall–Kier alpha value is -7.37. The Morgan fingerprint density at radius 1 is 0.793 bits per heavy atom. The summed E-state index contributed by atoms with van der Waals surface area (Å²) in [5.41, 5.74) is 3.88. The lowest BCUT2D eigenvalue weighted by molar-refractivity contribution is -0.137. The van der Waals surface area contributed by atoms with Gasteiger partial charge in [0, 0.05) is 78.3 Å². The van der Waals surface area contributed by atoms with Gasteiger partial charge in [-0.25, -0.2) is 34.9 Å². The van der Waals surface area contributed by atoms with Crippen LogP contribution in [0.3, 0.4) is 0 Å². The molecule has 82 heavy (non-hydrogen) atoms. The number of carboxylic acids is 1. The number of aliphatic hydroxyl groups is 1. The molecule has 0 spiro atoms. The van der Waals surface area contributed by atoms with Gasteiger partial charge >= 0.3 is 5.97 Å². The van der Waals surface area contributed by atoms with Crippen molar-refractivity contribution in [2.45, 2.75) is 83.6 Å². The summed E-state index contributed by atoms with van der Waals surface area (Å²) < 4.78 is 5.57. The molecule has 0 radical (unpaired) electrons. The van der Waals surface area contributed by atoms with Crippen LogP contribution in [-0.4, -0.2) is 108 Å². The van der Waals surface area contributed by atoms with Crippen LogP contribution in [-0.2, 0) is 30.5 Å². The van der Waals surface area contributed by atoms with E-state index < -0.39 is 36.0 Å². The molecule has 8 aromatic rings. The largest absolute Gasteiger partial charge is 0.481 e. The molecule has 0 aliphatic carbocycles. The van der Waals surface area contributed by atoms with E-state index >= 15 is 0 Å². The van der Waals surface area contributed by atoms with Crippen molar-refractivity contribution in [1.29, 1.82) is 0 Å². The number of benzene rings is 1. The SMILES string of the molecule is C=C1NCC(=O)N[C@@H]([C@@H](O)c2ccccc2)c2nc(cs2)-c2nc(cs2)-c2nc(-c3nc(N(C)C(=O)CCCC(=O)O)cs3)ccc2-c2nc(cs2)C(=O)N[C@@H](CC(=O)NC)c2nc(c(C)s2)C(=O)C[C@H](C(C)C)c2nc1c(COC)s2. The van der Waals surface area contributed by atoms with Crippen LogP contribution in [0.4, 0.5) is 5.82 Å². The fraction of sp³-hybridized carbons (Fsp3) is 0.327. The van der Waals surface area contributed by atoms with Crippen LogP contribution >= 0.6 is 68.0 Å². The summed E-state index contributed by atoms with van der Waals surface area (Å²) >= 11 is 7.57. The first kappa shape index (κ1) is 59.3. The van der Waals surface area contributed by atoms with Crippen molar-refractivity contribution in [2.24, 2.45) is 5.92 Å². The molecular formula is C55H56N12O9S6. The van der Waals surface area contributed by atoms with E-state index in [-0.39, 0.29) is 86.1 Å². The molecular weight excluding hydrogens is 1170 g/mol. The Kier molecular flexibility index (Phi) is 19.0. The lowest BCUT2D eigenvalue weighted by atomic mass is 9.90. The molecule has 1 aliphatic heterocycles. The maximum atomic E-state index is 14.4. The second-order valence-corrected chi connectivity index (χ2v) is 25.1. The first-order valence-electron chi connectivity index (χ1n) is 25.7. The van der Waals surface area contributed by atoms with Gasteiger partial charge in [-0.1, -0.05) is 50.8 Å². The summed E-state index contributed by atoms with van der Waals surface area (Å²) in [6.07, 6.45) is -1.28. The third-order valence-electron chi connectivity index (χ3n) is 13.2. The highest BCUT2D eigenvalue weighted by Gasteiger charge is 2.33. The highest BCUT2D eigenvalue weighted by atomic mass is 32.1. The molecule has 7 aromatic heterocycles. The van der Waals surface area contributed by atoms with Crippen LogP contribution in [0.5, 0.6) is 0 Å². The Bertz CT molecular complexity index is 3680. The standard InChI is InChI=1S/C55H56N12O9S6/c1-26(2)31-18-37(68)45-28(4)81-54(66-45)33(19-40(69)56-5)59-49(75)35-23-77-50(61-35)30-16-17-32(52-63-39(25-80-52)67(6)42(71)14-11-15-43(72)73)58-46(30)34-22-78-53(60-34)36-24-79-55(62-36)47(48(74)29-12-9-8-10-13-29)64-41(70)20-57-27(3)44-38(21-76-7)82-51(31)65-44/h8-10,12-13,16-17,22-26,31,33,47-48,57,74H,3,11,14-15,18-21H2,1-2,4-7H3,(H,56,69)(H,59,75)(H,64,70)(H,72,73)/t31-,33+,47+,48+/m1/s1. The quantitative estimate of drug-likeness (QED) is 0.0627. The van der Waals surface area contributed by atoms with Crippen LogP contribution in [0.15, 0.2) is 70.6 Å². The van der Waals surface area contributed by atoms with Gasteiger partial charge in [-0.05, 0) is 37.0 Å². The van der Waals surface area contributed by atoms with Crippen LogP contribution in [0.25, 0.3) is 49.1 Å². The molecule has 10 bridgehead atoms. The molecule has 0 saturated heterocycles. The number of aliphatic carboxylic acids is 1. The second-order valence-electron chi connectivity index (χ2n) is 19.3. The van der Waals surface area contributed by atoms with Crippen molar-refractivity contribution >= 4 is 115 Å². The number of aromatic nitrogens is 7. The van der Waals surface area contributed by atoms with Gasteiger partial charge in [0.05, 0.1) is 46.9 Å². The number of carbonyl (C=O) groups excluding carboxylic acids is 5. The van der Waals surface area contributed by atoms with Gasteiger partial charge < -0.3 is 36.2 Å². The fourth-order valence-corrected chi connectivity index (χ4v) is 14.4. The van der Waals surface area contributed by atoms with Gasteiger partial charge in [0.15, 0.2) is 5.78 Å². The zero-order valence-electron chi connectivity index (χ0n) is 45.2. The molecule has 4 amide bonds. The van der Waals surface area contributed by atoms with Crippen molar-refractivity contribution in [3.05, 3.63) is 118 Å². The normalized spacial score (nSPS) is 16.5. The number of rotatable bonds is 13. The fourth-order valence-electron chi connectivity index (χ4n) is 8.76. The Morgan fingerprint density at radius 2 is 1.50 bits per heavy atom. The van der Waals surface area contributed by atoms with Crippen LogP contribution < -0.4 is 26.2 Å². The molecule has 27 heteroatoms. The molecule has 0 saturated carbocycles. The number of pyridine rings is 1. The molecule has 0 unspecified atom stereocenters. The van der Waals surface area contributed by atoms with Gasteiger partial charge in [0.1, 0.15) is 77.2 Å². The molecule has 4 atom stereocenters. The number of carboxylic acid groups (broad SMARTS) is 1. The average molecular weight is 1220 g/mol. The zero-order valence-corrected chi connectivity index (χ0v) is 50.1. The number of aryl methyl sites for hydroxylation is 1. The van der Waals surface area contributed by atoms with E-state index in [1.807, 2.05) is 25.3 Å². The zero-order chi connectivity index (χ0) is 58.4. The van der Waals surface area contributed by atoms with E-state index in [0.717, 1.165) is 4.88 Å². The molecule has 1 aliphatic rings. The molecule has 1 aromatic carbocycles. The number of amides is 4. The minimum Gasteiger partial charge on any atom is -0.481 e. The van der Waals surface area contributed by atoms with Gasteiger partial charge in [-0.15, -0.1) is 68.0 Å². The van der Waals surface area contributed by atoms with E-state index in [2.05, 4.69) is 27.8 Å². The number of nitrogens with zero attached hydrogens (tertiary/aromatic N) is 8. The van der Waals surface area contributed by atoms with Crippen molar-refractivity contribution in [3.63, 3.8) is 0 Å². The Labute approximate surface area is 495 Å². The average Bonchev–Trinajstić information content (AvgIpc) is 4.47. The second kappa shape index (κ2) is 26.3. The topological polar surface area (TPSA) is 294 Å². The number of aliphatic hydroxyl groups excluding tert-OH is 1. The van der Waals surface area contributed by atoms with Crippen LogP contribution in [0.2, 0.25) is 0 Å². The summed E-state index contributed by atoms with van der Waals surface area (Å²) in [5, 5.41) is 42.5. The number of Topliss-reactive ketones (excluding diaryl/α,β-unsaturated/α-hetero) is 1. The molecule has 426 valence electrons. The first-order chi connectivity index (χ1) is 39.4. The lowest BCUT2D eigenvalue weighted by Gasteiger charge is -2.23. The number of nitrogens with one attached hydrogen (secondary N) is 4. The summed E-state index contributed by atoms with van der Waals surface area (Å²) in [4.78, 5) is 117. The monoisotopic (exact) mass is 1220 g/mol. The maximum Gasteiger partial charge on any atom is 0.303 e. The highest BCUT2D eigenvalue weighted by Crippen LogP contribution is 2.41. The Morgan fingerprint density at radius 3 is 2.24 bits per heavy atom. The predicted octanol–water partition coefficient (Wildman–Crippen LogP) is 9.25. The predicted molar refractivity (Wildman–Crippen MR) is 318 cm³/mol. The molecule has 0 fully saturated rings. The number of anilines is 1. The summed E-state index contributed by atoms with van der Waals surface area (Å²) in [6, 6.07) is 10.6. The van der Waals surface area contributed by atoms with Crippen molar-refractivity contribution in [3.8, 4) is 43.4 Å². The van der Waals surface area contributed by atoms with E-state index in [1.54, 1.807) is 73.6 Å². The maximum absolute atomic E-state index is 14.4. The van der Waals surface area contributed by atoms with E-state index in [1.165, 1.54) is 80.0 Å². The van der Waals surface area contributed by atoms with Gasteiger partial charge in [0.2, 0.25) is 17.7 Å². The number of hydrogen-bond acceptors (Lipinski definition) is 22. The Balaban J connectivity index is 1.12. The minimum absolute atomic E-state index is 0.0237. The smallest absolute Gasteiger partial charge is 0.303 e. The van der Waals surface area contributed by atoms with Crippen LogP contribution in [0.1, 0.15) is 127 Å². The number of fused-ring (bicyclic) bond motifs is 14. The molecule has 9 rings (SSSR count). The number of ketones is 1. The van der Waals surface area contributed by atoms with Crippen molar-refractivity contribution in [1.82, 2.24) is 56.2 Å². The molecule has 6 N–H and O–H groups in total. The minimum atomic E-state index is -1.21. The first-order valence-corrected chi connectivity index (χ1v) is 30.8. The molecule has 21 nitrogen and oxygen atoms in total. The number of ether oxygens (including phenoxy) is 1. The number of hydrogen-bond donors (Lipinski definition) is 6. The van der Waals surface area contributed by atoms with Crippen molar-refractivity contribution in [2.75, 3.05) is 32.6 Å². The highest BCUT2D eigenvalue weighted by molar-refractivity contribution is 7.15. The summed E-state index contributed by atoms with van der Waals surface area (Å²) in [6.45, 7) is 9.97. The third-order valence-corrected chi connectivity index (χ3v) is 19.0. The summed E-state index contributed by atoms with van der Waals surface area (Å²) in [7, 11) is 4.63. The van der Waals surface area contributed by atoms with Crippen molar-refractivity contribution < 1.29 is 43.7 Å². The van der Waals surface area contributed by atoms with E-state index in [0.29, 0.717) is 86.0 Å².